The minimum atomic E-state index is -0.881. The van der Waals surface area contributed by atoms with Crippen LogP contribution in [-0.2, 0) is 15.1 Å². The number of carbonyl (C=O) groups excluding carboxylic acids is 3. The minimum absolute atomic E-state index is 0.287. The summed E-state index contributed by atoms with van der Waals surface area (Å²) in [5, 5.41) is 0. The summed E-state index contributed by atoms with van der Waals surface area (Å²) in [4.78, 5) is 37.5. The maximum absolute atomic E-state index is 13.4. The Morgan fingerprint density at radius 2 is 1.84 bits per heavy atom. The van der Waals surface area contributed by atoms with Crippen LogP contribution >= 0.6 is 0 Å². The summed E-state index contributed by atoms with van der Waals surface area (Å²) in [5.74, 6) is -1.17. The number of nitrogens with one attached hydrogen (secondary N) is 2. The van der Waals surface area contributed by atoms with Gasteiger partial charge in [-0.1, -0.05) is 30.3 Å². The molecule has 7 nitrogen and oxygen atoms in total. The van der Waals surface area contributed by atoms with Gasteiger partial charge in [-0.2, -0.15) is 0 Å². The van der Waals surface area contributed by atoms with Crippen LogP contribution in [0.1, 0.15) is 54.2 Å². The fraction of sp³-hybridized carbons (Fsp3) is 0.292. The van der Waals surface area contributed by atoms with E-state index in [0.29, 0.717) is 24.9 Å². The van der Waals surface area contributed by atoms with Crippen LogP contribution in [0.2, 0.25) is 0 Å². The Balaban J connectivity index is 1.72. The number of benzene rings is 2. The van der Waals surface area contributed by atoms with Crippen molar-refractivity contribution in [3.63, 3.8) is 0 Å². The molecule has 0 radical (unpaired) electrons. The highest BCUT2D eigenvalue weighted by molar-refractivity contribution is 5.95. The number of ether oxygens (including phenoxy) is 1. The molecule has 0 aliphatic carbocycles. The molecular formula is C24H26FN3O4. The Kier molecular flexibility index (Phi) is 6.92. The van der Waals surface area contributed by atoms with Gasteiger partial charge in [-0.15, -0.1) is 6.58 Å². The predicted octanol–water partition coefficient (Wildman–Crippen LogP) is 3.98. The molecule has 3 rings (SSSR count). The van der Waals surface area contributed by atoms with Gasteiger partial charge in [0.2, 0.25) is 5.91 Å². The lowest BCUT2D eigenvalue weighted by molar-refractivity contribution is -0.119. The lowest BCUT2D eigenvalue weighted by atomic mass is 9.85. The molecule has 1 heterocycles. The summed E-state index contributed by atoms with van der Waals surface area (Å²) >= 11 is 0. The second kappa shape index (κ2) is 9.64. The number of amides is 3. The monoisotopic (exact) mass is 439 g/mol. The third kappa shape index (κ3) is 4.96. The zero-order valence-corrected chi connectivity index (χ0v) is 18.1. The van der Waals surface area contributed by atoms with E-state index < -0.39 is 17.6 Å². The average Bonchev–Trinajstić information content (AvgIpc) is 2.78. The Morgan fingerprint density at radius 3 is 2.41 bits per heavy atom. The van der Waals surface area contributed by atoms with Crippen LogP contribution in [0.25, 0.3) is 0 Å². The number of hydrogen-bond acceptors (Lipinski definition) is 4. The van der Waals surface area contributed by atoms with Gasteiger partial charge < -0.3 is 9.64 Å². The van der Waals surface area contributed by atoms with E-state index in [4.69, 9.17) is 4.74 Å². The molecule has 0 aromatic heterocycles. The van der Waals surface area contributed by atoms with Crippen molar-refractivity contribution < 1.29 is 23.5 Å². The maximum Gasteiger partial charge on any atom is 0.411 e. The lowest BCUT2D eigenvalue weighted by Gasteiger charge is -2.43. The van der Waals surface area contributed by atoms with E-state index in [0.717, 1.165) is 11.1 Å². The molecule has 8 heteroatoms. The first-order valence-electron chi connectivity index (χ1n) is 10.3. The smallest absolute Gasteiger partial charge is 0.411 e. The van der Waals surface area contributed by atoms with Crippen molar-refractivity contribution in [2.24, 2.45) is 0 Å². The number of cyclic esters (lactones) is 1. The predicted molar refractivity (Wildman–Crippen MR) is 117 cm³/mol. The number of carbonyl (C=O) groups is 3. The van der Waals surface area contributed by atoms with Crippen LogP contribution in [0.5, 0.6) is 0 Å². The van der Waals surface area contributed by atoms with Gasteiger partial charge in [-0.25, -0.2) is 9.18 Å². The molecule has 1 fully saturated rings. The van der Waals surface area contributed by atoms with Crippen molar-refractivity contribution in [1.82, 2.24) is 15.8 Å². The van der Waals surface area contributed by atoms with Gasteiger partial charge in [0.05, 0.1) is 6.04 Å². The van der Waals surface area contributed by atoms with E-state index in [2.05, 4.69) is 17.4 Å². The van der Waals surface area contributed by atoms with Gasteiger partial charge in [-0.05, 0) is 42.3 Å². The molecule has 2 aromatic carbocycles. The van der Waals surface area contributed by atoms with Crippen molar-refractivity contribution in [3.8, 4) is 0 Å². The molecule has 0 bridgehead atoms. The quantitative estimate of drug-likeness (QED) is 0.526. The van der Waals surface area contributed by atoms with Crippen molar-refractivity contribution >= 4 is 17.9 Å². The molecular weight excluding hydrogens is 413 g/mol. The van der Waals surface area contributed by atoms with Crippen molar-refractivity contribution in [2.75, 3.05) is 6.54 Å². The molecule has 1 aliphatic rings. The van der Waals surface area contributed by atoms with Crippen molar-refractivity contribution in [2.45, 2.75) is 38.3 Å². The number of nitrogens with zero attached hydrogens (tertiary/aromatic N) is 1. The van der Waals surface area contributed by atoms with Crippen molar-refractivity contribution in [1.29, 1.82) is 0 Å². The largest absolute Gasteiger partial charge is 0.437 e. The SMILES string of the molecule is C=CCC1(c2ccc(F)cc2)CCN([C@@H](C)c2ccc(C(=O)NNC(C)=O)cc2)C(=O)O1. The van der Waals surface area contributed by atoms with Gasteiger partial charge in [-0.3, -0.25) is 20.4 Å². The fourth-order valence-electron chi connectivity index (χ4n) is 3.78. The minimum Gasteiger partial charge on any atom is -0.437 e. The van der Waals surface area contributed by atoms with E-state index in [1.54, 1.807) is 47.4 Å². The van der Waals surface area contributed by atoms with Gasteiger partial charge in [0.1, 0.15) is 11.4 Å². The van der Waals surface area contributed by atoms with E-state index in [9.17, 15) is 18.8 Å². The summed E-state index contributed by atoms with van der Waals surface area (Å²) in [6, 6.07) is 12.5. The Hall–Kier alpha value is -3.68. The normalized spacial score (nSPS) is 19.0. The molecule has 168 valence electrons. The molecule has 0 saturated carbocycles. The first kappa shape index (κ1) is 23.0. The number of halogens is 1. The van der Waals surface area contributed by atoms with Crippen LogP contribution in [0.3, 0.4) is 0 Å². The summed E-state index contributed by atoms with van der Waals surface area (Å²) in [6.07, 6.45) is 2.17. The summed E-state index contributed by atoms with van der Waals surface area (Å²) in [7, 11) is 0. The molecule has 2 aromatic rings. The summed E-state index contributed by atoms with van der Waals surface area (Å²) in [5.41, 5.74) is 5.59. The maximum atomic E-state index is 13.4. The Labute approximate surface area is 186 Å². The van der Waals surface area contributed by atoms with Crippen LogP contribution in [0.4, 0.5) is 9.18 Å². The molecule has 1 aliphatic heterocycles. The van der Waals surface area contributed by atoms with Gasteiger partial charge >= 0.3 is 6.09 Å². The Morgan fingerprint density at radius 1 is 1.19 bits per heavy atom. The average molecular weight is 439 g/mol. The van der Waals surface area contributed by atoms with E-state index in [-0.39, 0.29) is 17.8 Å². The van der Waals surface area contributed by atoms with E-state index >= 15 is 0 Å². The highest BCUT2D eigenvalue weighted by Gasteiger charge is 2.42. The molecule has 2 N–H and O–H groups in total. The highest BCUT2D eigenvalue weighted by atomic mass is 19.1. The standard InChI is InChI=1S/C24H26FN3O4/c1-4-13-24(20-9-11-21(25)12-10-20)14-15-28(23(31)32-24)16(2)18-5-7-19(8-6-18)22(30)27-26-17(3)29/h4-12,16H,1,13-15H2,2-3H3,(H,26,29)(H,27,30)/t16-,24?/m0/s1. The molecule has 1 saturated heterocycles. The molecule has 32 heavy (non-hydrogen) atoms. The lowest BCUT2D eigenvalue weighted by Crippen LogP contribution is -2.48. The van der Waals surface area contributed by atoms with Gasteiger partial charge in [0, 0.05) is 31.9 Å². The molecule has 3 amide bonds. The Bertz CT molecular complexity index is 1010. The highest BCUT2D eigenvalue weighted by Crippen LogP contribution is 2.39. The second-order valence-corrected chi connectivity index (χ2v) is 7.74. The first-order chi connectivity index (χ1) is 15.3. The van der Waals surface area contributed by atoms with Crippen LogP contribution < -0.4 is 10.9 Å². The molecule has 0 spiro atoms. The van der Waals surface area contributed by atoms with E-state index in [1.807, 2.05) is 6.92 Å². The van der Waals surface area contributed by atoms with Gasteiger partial charge in [0.25, 0.3) is 5.91 Å². The fourth-order valence-corrected chi connectivity index (χ4v) is 3.78. The third-order valence-corrected chi connectivity index (χ3v) is 5.59. The van der Waals surface area contributed by atoms with Gasteiger partial charge in [0.15, 0.2) is 0 Å². The van der Waals surface area contributed by atoms with Crippen LogP contribution in [0.15, 0.2) is 61.2 Å². The number of hydrogen-bond donors (Lipinski definition) is 2. The summed E-state index contributed by atoms with van der Waals surface area (Å²) in [6.45, 7) is 7.40. The summed E-state index contributed by atoms with van der Waals surface area (Å²) < 4.78 is 19.3. The topological polar surface area (TPSA) is 87.7 Å². The zero-order valence-electron chi connectivity index (χ0n) is 18.1. The molecule has 1 unspecified atom stereocenters. The van der Waals surface area contributed by atoms with Crippen molar-refractivity contribution in [3.05, 3.63) is 83.7 Å². The van der Waals surface area contributed by atoms with E-state index in [1.165, 1.54) is 19.1 Å². The third-order valence-electron chi connectivity index (χ3n) is 5.59. The zero-order chi connectivity index (χ0) is 23.3. The second-order valence-electron chi connectivity index (χ2n) is 7.74. The van der Waals surface area contributed by atoms with Crippen LogP contribution in [0, 0.1) is 5.82 Å². The number of rotatable bonds is 6. The number of hydrazine groups is 1. The molecule has 2 atom stereocenters. The van der Waals surface area contributed by atoms with Crippen LogP contribution in [-0.4, -0.2) is 29.4 Å². The first-order valence-corrected chi connectivity index (χ1v) is 10.3.